The van der Waals surface area contributed by atoms with E-state index in [0.717, 1.165) is 0 Å². The third-order valence-corrected chi connectivity index (χ3v) is 6.06. The maximum atomic E-state index is 12.5. The fourth-order valence-corrected chi connectivity index (χ4v) is 3.49. The molecule has 2 aromatic rings. The fraction of sp³-hybridized carbons (Fsp3) is 0.361. The third-order valence-electron chi connectivity index (χ3n) is 6.06. The van der Waals surface area contributed by atoms with Crippen molar-refractivity contribution in [3.63, 3.8) is 0 Å². The zero-order chi connectivity index (χ0) is 37.6. The number of amides is 2. The third kappa shape index (κ3) is 17.8. The number of para-hydroxylation sites is 1. The second-order valence-electron chi connectivity index (χ2n) is 10.8. The molecule has 0 spiro atoms. The van der Waals surface area contributed by atoms with Gasteiger partial charge in [0, 0.05) is 22.8 Å². The van der Waals surface area contributed by atoms with Crippen LogP contribution in [-0.4, -0.2) is 95.0 Å². The van der Waals surface area contributed by atoms with Crippen molar-refractivity contribution < 1.29 is 61.9 Å². The van der Waals surface area contributed by atoms with Gasteiger partial charge in [-0.15, -0.1) is 0 Å². The van der Waals surface area contributed by atoms with Crippen LogP contribution in [0.15, 0.2) is 91.1 Å². The topological polar surface area (TPSA) is 183 Å². The van der Waals surface area contributed by atoms with Crippen LogP contribution in [0.25, 0.3) is 0 Å². The van der Waals surface area contributed by atoms with Crippen LogP contribution >= 0.6 is 0 Å². The van der Waals surface area contributed by atoms with Gasteiger partial charge in [0.2, 0.25) is 0 Å². The molecule has 0 aliphatic heterocycles. The molecular weight excluding hydrogens is 668 g/mol. The molecule has 0 saturated heterocycles. The Morgan fingerprint density at radius 3 is 1.39 bits per heavy atom. The molecule has 0 fully saturated rings. The zero-order valence-electron chi connectivity index (χ0n) is 28.9. The van der Waals surface area contributed by atoms with Gasteiger partial charge in [-0.2, -0.15) is 0 Å². The van der Waals surface area contributed by atoms with Crippen LogP contribution in [-0.2, 0) is 38.1 Å². The van der Waals surface area contributed by atoms with Gasteiger partial charge in [0.15, 0.2) is 12.2 Å². The molecule has 0 aliphatic carbocycles. The number of alkyl carbamates (subject to hydrolysis) is 2. The van der Waals surface area contributed by atoms with Crippen molar-refractivity contribution in [1.29, 1.82) is 0 Å². The van der Waals surface area contributed by atoms with Crippen LogP contribution in [0.4, 0.5) is 9.59 Å². The number of benzene rings is 2. The molecule has 0 aliphatic rings. The number of carbonyl (C=O) groups is 5. The first-order chi connectivity index (χ1) is 24.3. The summed E-state index contributed by atoms with van der Waals surface area (Å²) >= 11 is 0. The van der Waals surface area contributed by atoms with E-state index in [-0.39, 0.29) is 69.5 Å². The lowest BCUT2D eigenvalue weighted by Crippen LogP contribution is -2.37. The van der Waals surface area contributed by atoms with Crippen molar-refractivity contribution in [3.05, 3.63) is 91.1 Å². The van der Waals surface area contributed by atoms with E-state index in [0.29, 0.717) is 17.2 Å². The van der Waals surface area contributed by atoms with E-state index in [1.54, 1.807) is 48.5 Å². The molecule has 2 N–H and O–H groups in total. The summed E-state index contributed by atoms with van der Waals surface area (Å²) in [5.41, 5.74) is 0.606. The van der Waals surface area contributed by atoms with Crippen molar-refractivity contribution in [3.8, 4) is 17.2 Å². The van der Waals surface area contributed by atoms with E-state index in [2.05, 4.69) is 30.4 Å². The lowest BCUT2D eigenvalue weighted by Gasteiger charge is -2.20. The van der Waals surface area contributed by atoms with Crippen LogP contribution < -0.4 is 24.8 Å². The lowest BCUT2D eigenvalue weighted by atomic mass is 10.3. The quantitative estimate of drug-likeness (QED) is 0.0772. The van der Waals surface area contributed by atoms with E-state index in [1.807, 2.05) is 6.07 Å². The molecule has 0 heterocycles. The SMILES string of the molecule is C=C(C)C(=O)OCCNC(=O)OC(COC(=O)C(=C)C)COc1cccc(OCC(COc2ccccc2)OC(=O)NCCOC(=O)C(=C)C)c1. The Balaban J connectivity index is 1.98. The summed E-state index contributed by atoms with van der Waals surface area (Å²) in [4.78, 5) is 59.8. The van der Waals surface area contributed by atoms with Crippen molar-refractivity contribution >= 4 is 30.1 Å². The van der Waals surface area contributed by atoms with Crippen LogP contribution in [0.3, 0.4) is 0 Å². The van der Waals surface area contributed by atoms with Gasteiger partial charge in [0.1, 0.15) is 56.9 Å². The molecule has 276 valence electrons. The second kappa shape index (κ2) is 22.6. The maximum Gasteiger partial charge on any atom is 0.407 e. The number of esters is 3. The summed E-state index contributed by atoms with van der Waals surface area (Å²) in [6, 6.07) is 15.4. The highest BCUT2D eigenvalue weighted by Gasteiger charge is 2.20. The predicted octanol–water partition coefficient (Wildman–Crippen LogP) is 4.07. The number of rotatable bonds is 22. The van der Waals surface area contributed by atoms with Crippen molar-refractivity contribution in [2.45, 2.75) is 33.0 Å². The van der Waals surface area contributed by atoms with Gasteiger partial charge < -0.3 is 48.5 Å². The molecule has 51 heavy (non-hydrogen) atoms. The monoisotopic (exact) mass is 712 g/mol. The fourth-order valence-electron chi connectivity index (χ4n) is 3.49. The van der Waals surface area contributed by atoms with E-state index in [1.165, 1.54) is 20.8 Å². The van der Waals surface area contributed by atoms with Gasteiger partial charge in [-0.05, 0) is 45.0 Å². The first-order valence-electron chi connectivity index (χ1n) is 15.7. The van der Waals surface area contributed by atoms with Gasteiger partial charge in [0.05, 0.1) is 13.1 Å². The summed E-state index contributed by atoms with van der Waals surface area (Å²) in [6.07, 6.45) is -3.54. The molecule has 0 aromatic heterocycles. The van der Waals surface area contributed by atoms with Crippen molar-refractivity contribution in [2.75, 3.05) is 52.7 Å². The molecule has 15 nitrogen and oxygen atoms in total. The summed E-state index contributed by atoms with van der Waals surface area (Å²) in [5.74, 6) is -0.632. The minimum Gasteiger partial charge on any atom is -0.490 e. The lowest BCUT2D eigenvalue weighted by molar-refractivity contribution is -0.142. The maximum absolute atomic E-state index is 12.5. The summed E-state index contributed by atoms with van der Waals surface area (Å²) in [7, 11) is 0. The Hall–Kier alpha value is -5.99. The number of nitrogens with one attached hydrogen (secondary N) is 2. The highest BCUT2D eigenvalue weighted by Crippen LogP contribution is 2.21. The summed E-state index contributed by atoms with van der Waals surface area (Å²) in [6.45, 7) is 14.1. The van der Waals surface area contributed by atoms with Crippen molar-refractivity contribution in [1.82, 2.24) is 10.6 Å². The van der Waals surface area contributed by atoms with Crippen LogP contribution in [0, 0.1) is 0 Å². The molecular formula is C36H44N2O13. The van der Waals surface area contributed by atoms with Crippen LogP contribution in [0.1, 0.15) is 20.8 Å². The average molecular weight is 713 g/mol. The minimum absolute atomic E-state index is 0.00794. The second-order valence-corrected chi connectivity index (χ2v) is 10.8. The van der Waals surface area contributed by atoms with Crippen LogP contribution in [0.2, 0.25) is 0 Å². The Bertz CT molecular complexity index is 1510. The summed E-state index contributed by atoms with van der Waals surface area (Å²) in [5, 5.41) is 4.94. The molecule has 2 amide bonds. The van der Waals surface area contributed by atoms with Gasteiger partial charge in [-0.25, -0.2) is 24.0 Å². The highest BCUT2D eigenvalue weighted by molar-refractivity contribution is 5.87. The number of carbonyl (C=O) groups excluding carboxylic acids is 5. The Morgan fingerprint density at radius 1 is 0.549 bits per heavy atom. The van der Waals surface area contributed by atoms with Gasteiger partial charge in [-0.1, -0.05) is 44.0 Å². The molecule has 0 radical (unpaired) electrons. The van der Waals surface area contributed by atoms with Gasteiger partial charge >= 0.3 is 30.1 Å². The minimum atomic E-state index is -1.04. The normalized spacial score (nSPS) is 11.4. The largest absolute Gasteiger partial charge is 0.490 e. The predicted molar refractivity (Wildman–Crippen MR) is 183 cm³/mol. The number of ether oxygens (including phenoxy) is 8. The first-order valence-corrected chi connectivity index (χ1v) is 15.7. The standard InChI is InChI=1S/C36H44N2O13/c1-24(2)32(39)44-17-15-37-35(42)50-30(20-46-27-11-8-7-9-12-27)21-47-28-13-10-14-29(19-28)48-22-31(23-49-34(41)26(5)6)51-36(43)38-16-18-45-33(40)25(3)4/h7-14,19,30-31H,1,3,5,15-18,20-23H2,2,4,6H3,(H,37,42)(H,38,43). The Labute approximate surface area is 296 Å². The highest BCUT2D eigenvalue weighted by atomic mass is 16.6. The zero-order valence-corrected chi connectivity index (χ0v) is 28.9. The van der Waals surface area contributed by atoms with Gasteiger partial charge in [-0.3, -0.25) is 0 Å². The molecule has 0 bridgehead atoms. The van der Waals surface area contributed by atoms with E-state index < -0.39 is 42.3 Å². The number of hydrogen-bond donors (Lipinski definition) is 2. The number of hydrogen-bond acceptors (Lipinski definition) is 13. The van der Waals surface area contributed by atoms with Crippen molar-refractivity contribution in [2.24, 2.45) is 0 Å². The Kier molecular flexibility index (Phi) is 18.3. The molecule has 2 unspecified atom stereocenters. The average Bonchev–Trinajstić information content (AvgIpc) is 3.10. The Morgan fingerprint density at radius 2 is 0.941 bits per heavy atom. The molecule has 2 aromatic carbocycles. The molecule has 2 atom stereocenters. The van der Waals surface area contributed by atoms with Crippen LogP contribution in [0.5, 0.6) is 17.2 Å². The molecule has 0 saturated carbocycles. The van der Waals surface area contributed by atoms with E-state index in [4.69, 9.17) is 37.9 Å². The molecule has 2 rings (SSSR count). The first kappa shape index (κ1) is 41.2. The van der Waals surface area contributed by atoms with E-state index in [9.17, 15) is 24.0 Å². The van der Waals surface area contributed by atoms with Gasteiger partial charge in [0.25, 0.3) is 0 Å². The van der Waals surface area contributed by atoms with E-state index >= 15 is 0 Å². The molecule has 15 heteroatoms. The smallest absolute Gasteiger partial charge is 0.407 e. The summed E-state index contributed by atoms with van der Waals surface area (Å²) < 4.78 is 43.3.